The molecule has 0 aliphatic carbocycles. The van der Waals surface area contributed by atoms with Crippen molar-refractivity contribution in [1.29, 1.82) is 0 Å². The summed E-state index contributed by atoms with van der Waals surface area (Å²) >= 11 is 0. The molecule has 0 unspecified atom stereocenters. The first-order chi connectivity index (χ1) is 24.8. The molecule has 0 bridgehead atoms. The van der Waals surface area contributed by atoms with Crippen LogP contribution in [0.4, 0.5) is 22.7 Å². The molecule has 0 radical (unpaired) electrons. The van der Waals surface area contributed by atoms with E-state index in [0.717, 1.165) is 0 Å². The van der Waals surface area contributed by atoms with Gasteiger partial charge in [0.2, 0.25) is 0 Å². The van der Waals surface area contributed by atoms with Crippen LogP contribution in [0.1, 0.15) is 0 Å². The highest BCUT2D eigenvalue weighted by Gasteiger charge is 2.38. The minimum absolute atomic E-state index is 0.559. The minimum atomic E-state index is -1.22. The van der Waals surface area contributed by atoms with Crippen molar-refractivity contribution in [2.45, 2.75) is 0 Å². The third kappa shape index (κ3) is 6.21. The van der Waals surface area contributed by atoms with Crippen molar-refractivity contribution in [1.82, 2.24) is 4.48 Å². The van der Waals surface area contributed by atoms with Gasteiger partial charge in [0.1, 0.15) is 28.9 Å². The van der Waals surface area contributed by atoms with Crippen LogP contribution in [0.25, 0.3) is 0 Å². The molecule has 1 nitrogen and oxygen atoms in total. The number of benzene rings is 8. The first-order valence-corrected chi connectivity index (χ1v) is 17.3. The Morgan fingerprint density at radius 3 is 0.540 bits per heavy atom. The Balaban J connectivity index is 0.000000157. The van der Waals surface area contributed by atoms with E-state index in [0.29, 0.717) is 4.48 Å². The standard InChI is InChI=1S/C24H20B.C24H20N/c2*1-5-13-21(14-6-1)25(22-15-7-2-8-16-22,23-17-9-3-10-18-23)24-19-11-4-12-20-24/h2*1-20H/q-1;+1. The Kier molecular flexibility index (Phi) is 9.92. The quantitative estimate of drug-likeness (QED) is 0.114. The Labute approximate surface area is 296 Å². The van der Waals surface area contributed by atoms with Crippen molar-refractivity contribution in [3.05, 3.63) is 243 Å². The van der Waals surface area contributed by atoms with Gasteiger partial charge in [-0.3, -0.25) is 0 Å². The average molecular weight is 642 g/mol. The van der Waals surface area contributed by atoms with Crippen LogP contribution in [-0.4, -0.2) is 6.15 Å². The van der Waals surface area contributed by atoms with E-state index in [-0.39, 0.29) is 0 Å². The lowest BCUT2D eigenvalue weighted by Crippen LogP contribution is -2.74. The van der Waals surface area contributed by atoms with Crippen LogP contribution in [0.5, 0.6) is 0 Å². The molecule has 8 aromatic rings. The molecule has 8 aromatic carbocycles. The van der Waals surface area contributed by atoms with Gasteiger partial charge in [-0.05, 0) is 0 Å². The van der Waals surface area contributed by atoms with Gasteiger partial charge in [-0.15, -0.1) is 0 Å². The van der Waals surface area contributed by atoms with E-state index in [4.69, 9.17) is 0 Å². The summed E-state index contributed by atoms with van der Waals surface area (Å²) in [4.78, 5) is 0. The fourth-order valence-corrected chi connectivity index (χ4v) is 7.62. The molecule has 0 aliphatic rings. The topological polar surface area (TPSA) is 0 Å². The molecular formula is C48H40BN. The Hall–Kier alpha value is -6.22. The summed E-state index contributed by atoms with van der Waals surface area (Å²) in [5.41, 5.74) is 10.2. The number of nitrogens with zero attached hydrogens (tertiary/aromatic N) is 1. The van der Waals surface area contributed by atoms with E-state index in [1.807, 2.05) is 0 Å². The van der Waals surface area contributed by atoms with Crippen molar-refractivity contribution < 1.29 is 0 Å². The summed E-state index contributed by atoms with van der Waals surface area (Å²) in [5, 5.41) is 0. The maximum absolute atomic E-state index is 2.26. The molecule has 0 saturated heterocycles. The van der Waals surface area contributed by atoms with Gasteiger partial charge < -0.3 is 0 Å². The van der Waals surface area contributed by atoms with Gasteiger partial charge in [-0.25, -0.2) is 0 Å². The molecule has 0 N–H and O–H groups in total. The number of rotatable bonds is 8. The molecule has 240 valence electrons. The Bertz CT molecular complexity index is 1670. The van der Waals surface area contributed by atoms with Crippen LogP contribution in [0.2, 0.25) is 0 Å². The predicted molar refractivity (Wildman–Crippen MR) is 217 cm³/mol. The van der Waals surface area contributed by atoms with E-state index < -0.39 is 6.15 Å². The fraction of sp³-hybridized carbons (Fsp3) is 0. The molecule has 50 heavy (non-hydrogen) atoms. The summed E-state index contributed by atoms with van der Waals surface area (Å²) < 4.78 is 0.559. The molecule has 0 atom stereocenters. The van der Waals surface area contributed by atoms with Crippen molar-refractivity contribution in [2.24, 2.45) is 0 Å². The number of para-hydroxylation sites is 4. The third-order valence-corrected chi connectivity index (χ3v) is 9.77. The van der Waals surface area contributed by atoms with Gasteiger partial charge >= 0.3 is 0 Å². The molecule has 8 rings (SSSR count). The molecule has 0 saturated carbocycles. The van der Waals surface area contributed by atoms with Crippen LogP contribution in [-0.2, 0) is 0 Å². The van der Waals surface area contributed by atoms with Crippen LogP contribution in [0, 0.1) is 0 Å². The first-order valence-electron chi connectivity index (χ1n) is 17.3. The van der Waals surface area contributed by atoms with Gasteiger partial charge in [0.05, 0.1) is 0 Å². The van der Waals surface area contributed by atoms with Gasteiger partial charge in [-0.2, -0.15) is 26.3 Å². The molecule has 0 heterocycles. The average Bonchev–Trinajstić information content (AvgIpc) is 3.22. The van der Waals surface area contributed by atoms with Crippen molar-refractivity contribution >= 4 is 50.7 Å². The van der Waals surface area contributed by atoms with E-state index in [9.17, 15) is 0 Å². The molecule has 0 aromatic heterocycles. The first kappa shape index (κ1) is 32.3. The highest BCUT2D eigenvalue weighted by Crippen LogP contribution is 2.50. The maximum atomic E-state index is 2.26. The third-order valence-electron chi connectivity index (χ3n) is 9.77. The Morgan fingerprint density at radius 1 is 0.200 bits per heavy atom. The maximum Gasteiger partial charge on any atom is 0.148 e. The van der Waals surface area contributed by atoms with Crippen LogP contribution < -0.4 is 26.3 Å². The highest BCUT2D eigenvalue weighted by molar-refractivity contribution is 7.19. The van der Waals surface area contributed by atoms with Crippen molar-refractivity contribution in [2.75, 3.05) is 0 Å². The lowest BCUT2D eigenvalue weighted by atomic mass is 9.13. The van der Waals surface area contributed by atoms with Gasteiger partial charge in [-0.1, -0.05) is 194 Å². The van der Waals surface area contributed by atoms with Gasteiger partial charge in [0.15, 0.2) is 0 Å². The largest absolute Gasteiger partial charge is 0.195 e. The van der Waals surface area contributed by atoms with Crippen LogP contribution >= 0.6 is 0 Å². The summed E-state index contributed by atoms with van der Waals surface area (Å²) in [6.45, 7) is 0. The van der Waals surface area contributed by atoms with E-state index in [1.165, 1.54) is 44.6 Å². The summed E-state index contributed by atoms with van der Waals surface area (Å²) in [6, 6.07) is 86.3. The zero-order valence-electron chi connectivity index (χ0n) is 28.1. The zero-order chi connectivity index (χ0) is 33.9. The van der Waals surface area contributed by atoms with E-state index >= 15 is 0 Å². The van der Waals surface area contributed by atoms with Gasteiger partial charge in [0, 0.05) is 48.5 Å². The van der Waals surface area contributed by atoms with E-state index in [2.05, 4.69) is 243 Å². The Morgan fingerprint density at radius 2 is 0.360 bits per heavy atom. The van der Waals surface area contributed by atoms with Crippen LogP contribution in [0.3, 0.4) is 0 Å². The lowest BCUT2D eigenvalue weighted by Gasteiger charge is -2.44. The summed E-state index contributed by atoms with van der Waals surface area (Å²) in [7, 11) is 0. The molecule has 2 heteroatoms. The molecule has 0 fully saturated rings. The summed E-state index contributed by atoms with van der Waals surface area (Å²) in [6.07, 6.45) is -1.22. The van der Waals surface area contributed by atoms with E-state index in [1.54, 1.807) is 0 Å². The number of hydrogen-bond donors (Lipinski definition) is 0. The number of hydrogen-bond acceptors (Lipinski definition) is 0. The second-order valence-electron chi connectivity index (χ2n) is 12.5. The van der Waals surface area contributed by atoms with Crippen molar-refractivity contribution in [3.63, 3.8) is 0 Å². The minimum Gasteiger partial charge on any atom is -0.195 e. The second-order valence-corrected chi connectivity index (χ2v) is 12.5. The normalized spacial score (nSPS) is 11.2. The fourth-order valence-electron chi connectivity index (χ4n) is 7.62. The highest BCUT2D eigenvalue weighted by atomic mass is 15.4. The number of quaternary nitrogens is 1. The second kappa shape index (κ2) is 15.3. The SMILES string of the molecule is c1ccc([B-](c2ccccc2)(c2ccccc2)c2ccccc2)cc1.c1ccc([N+](c2ccccc2)(c2ccccc2)c2ccccc2)cc1. The lowest BCUT2D eigenvalue weighted by molar-refractivity contribution is 0.704. The monoisotopic (exact) mass is 641 g/mol. The smallest absolute Gasteiger partial charge is 0.148 e. The zero-order valence-corrected chi connectivity index (χ0v) is 28.1. The molecular weight excluding hydrogens is 601 g/mol. The van der Waals surface area contributed by atoms with Crippen molar-refractivity contribution in [3.8, 4) is 0 Å². The molecule has 0 amide bonds. The molecule has 0 spiro atoms. The molecule has 0 aliphatic heterocycles. The van der Waals surface area contributed by atoms with Crippen LogP contribution in [0.15, 0.2) is 243 Å². The predicted octanol–water partition coefficient (Wildman–Crippen LogP) is 10.1. The summed E-state index contributed by atoms with van der Waals surface area (Å²) in [5.74, 6) is 0. The van der Waals surface area contributed by atoms with Gasteiger partial charge in [0.25, 0.3) is 0 Å².